The normalized spacial score (nSPS) is 11.8. The average Bonchev–Trinajstić information content (AvgIpc) is 2.59. The van der Waals surface area contributed by atoms with Gasteiger partial charge in [-0.25, -0.2) is 0 Å². The molecule has 140 valence electrons. The molecule has 1 amide bonds. The highest BCUT2D eigenvalue weighted by Gasteiger charge is 2.15. The van der Waals surface area contributed by atoms with E-state index in [9.17, 15) is 4.79 Å². The van der Waals surface area contributed by atoms with Crippen LogP contribution in [0.4, 0.5) is 5.69 Å². The van der Waals surface area contributed by atoms with E-state index in [-0.39, 0.29) is 5.91 Å². The van der Waals surface area contributed by atoms with Gasteiger partial charge in [0.2, 0.25) is 0 Å². The van der Waals surface area contributed by atoms with Crippen LogP contribution in [0.25, 0.3) is 0 Å². The summed E-state index contributed by atoms with van der Waals surface area (Å²) < 4.78 is 10.7. The van der Waals surface area contributed by atoms with E-state index < -0.39 is 0 Å². The van der Waals surface area contributed by atoms with E-state index in [1.165, 1.54) is 0 Å². The average molecular weight is 378 g/mol. The molecule has 1 atom stereocenters. The maximum Gasteiger partial charge on any atom is 0.279 e. The van der Waals surface area contributed by atoms with Crippen molar-refractivity contribution in [2.24, 2.45) is 0 Å². The molecule has 0 saturated carbocycles. The predicted molar refractivity (Wildman–Crippen MR) is 105 cm³/mol. The van der Waals surface area contributed by atoms with Crippen molar-refractivity contribution in [1.29, 1.82) is 0 Å². The number of nitrogens with one attached hydrogen (secondary N) is 2. The molecule has 0 radical (unpaired) electrons. The number of aryl methyl sites for hydroxylation is 2. The molecule has 0 heterocycles. The Labute approximate surface area is 159 Å². The maximum atomic E-state index is 12.4. The zero-order chi connectivity index (χ0) is 19.3. The summed E-state index contributed by atoms with van der Waals surface area (Å²) in [5.74, 6) is 1.35. The summed E-state index contributed by atoms with van der Waals surface area (Å²) in [6.45, 7) is 5.02. The fraction of sp³-hybridized carbons (Fsp3) is 0.350. The number of amides is 1. The number of halogens is 1. The van der Waals surface area contributed by atoms with Gasteiger partial charge in [-0.05, 0) is 49.2 Å². The van der Waals surface area contributed by atoms with E-state index >= 15 is 0 Å². The summed E-state index contributed by atoms with van der Waals surface area (Å²) in [6, 6.07) is 9.39. The van der Waals surface area contributed by atoms with Crippen molar-refractivity contribution >= 4 is 23.2 Å². The van der Waals surface area contributed by atoms with Crippen LogP contribution in [0.5, 0.6) is 11.5 Å². The van der Waals surface area contributed by atoms with Crippen LogP contribution in [0.15, 0.2) is 30.3 Å². The van der Waals surface area contributed by atoms with Gasteiger partial charge in [0, 0.05) is 16.3 Å². The molecule has 2 aromatic rings. The molecule has 26 heavy (non-hydrogen) atoms. The van der Waals surface area contributed by atoms with E-state index in [2.05, 4.69) is 5.32 Å². The van der Waals surface area contributed by atoms with Crippen molar-refractivity contribution < 1.29 is 19.2 Å². The number of ether oxygens (including phenoxy) is 2. The van der Waals surface area contributed by atoms with Gasteiger partial charge in [0.15, 0.2) is 18.0 Å². The quantitative estimate of drug-likeness (QED) is 0.780. The van der Waals surface area contributed by atoms with Gasteiger partial charge in [0.25, 0.3) is 5.91 Å². The Bertz CT molecular complexity index is 793. The predicted octanol–water partition coefficient (Wildman–Crippen LogP) is 2.63. The lowest BCUT2D eigenvalue weighted by Crippen LogP contribution is -3.08. The number of anilines is 1. The first kappa shape index (κ1) is 20.1. The lowest BCUT2D eigenvalue weighted by atomic mass is 10.1. The molecule has 2 N–H and O–H groups in total. The van der Waals surface area contributed by atoms with Gasteiger partial charge in [-0.1, -0.05) is 17.7 Å². The van der Waals surface area contributed by atoms with Crippen LogP contribution in [0.2, 0.25) is 5.02 Å². The number of benzene rings is 2. The van der Waals surface area contributed by atoms with Crippen LogP contribution in [-0.4, -0.2) is 33.7 Å². The van der Waals surface area contributed by atoms with Crippen molar-refractivity contribution in [1.82, 2.24) is 0 Å². The molecule has 5 nitrogen and oxygen atoms in total. The van der Waals surface area contributed by atoms with Crippen LogP contribution in [0.3, 0.4) is 0 Å². The summed E-state index contributed by atoms with van der Waals surface area (Å²) in [6.07, 6.45) is 0. The molecule has 0 aromatic heterocycles. The summed E-state index contributed by atoms with van der Waals surface area (Å²) >= 11 is 6.01. The number of methoxy groups -OCH3 is 2. The Morgan fingerprint density at radius 3 is 2.38 bits per heavy atom. The number of carbonyl (C=O) groups excluding carboxylic acids is 1. The molecule has 0 aliphatic carbocycles. The second kappa shape index (κ2) is 8.92. The van der Waals surface area contributed by atoms with E-state index in [1.54, 1.807) is 20.3 Å². The Hall–Kier alpha value is -2.24. The SMILES string of the molecule is COc1cc(C)c(C[NH+](C)CC(=O)Nc2cc(Cl)ccc2C)cc1OC. The molecule has 0 bridgehead atoms. The minimum absolute atomic E-state index is 0.0500. The summed E-state index contributed by atoms with van der Waals surface area (Å²) in [7, 11) is 5.23. The van der Waals surface area contributed by atoms with E-state index in [0.29, 0.717) is 29.6 Å². The van der Waals surface area contributed by atoms with Crippen molar-refractivity contribution in [3.63, 3.8) is 0 Å². The fourth-order valence-electron chi connectivity index (χ4n) is 2.80. The molecule has 0 aliphatic heterocycles. The lowest BCUT2D eigenvalue weighted by Gasteiger charge is -2.17. The third-order valence-electron chi connectivity index (χ3n) is 4.27. The van der Waals surface area contributed by atoms with Crippen LogP contribution in [0.1, 0.15) is 16.7 Å². The van der Waals surface area contributed by atoms with Crippen LogP contribution in [0, 0.1) is 13.8 Å². The number of hydrogen-bond acceptors (Lipinski definition) is 3. The standard InChI is InChI=1S/C20H25ClN2O3/c1-13-6-7-16(21)10-17(13)22-20(24)12-23(3)11-15-9-19(26-5)18(25-4)8-14(15)2/h6-10H,11-12H2,1-5H3,(H,22,24)/p+1. The number of rotatable bonds is 7. The largest absolute Gasteiger partial charge is 0.493 e. The van der Waals surface area contributed by atoms with E-state index in [0.717, 1.165) is 27.3 Å². The highest BCUT2D eigenvalue weighted by atomic mass is 35.5. The monoisotopic (exact) mass is 377 g/mol. The number of hydrogen-bond donors (Lipinski definition) is 2. The molecule has 0 aliphatic rings. The Morgan fingerprint density at radius 2 is 1.73 bits per heavy atom. The Morgan fingerprint density at radius 1 is 1.08 bits per heavy atom. The topological polar surface area (TPSA) is 52.0 Å². The van der Waals surface area contributed by atoms with Crippen molar-refractivity contribution in [3.8, 4) is 11.5 Å². The molecular formula is C20H26ClN2O3+. The van der Waals surface area contributed by atoms with Crippen molar-refractivity contribution in [3.05, 3.63) is 52.0 Å². The molecule has 6 heteroatoms. The fourth-order valence-corrected chi connectivity index (χ4v) is 2.97. The van der Waals surface area contributed by atoms with Gasteiger partial charge in [-0.3, -0.25) is 4.79 Å². The highest BCUT2D eigenvalue weighted by molar-refractivity contribution is 6.31. The first-order valence-corrected chi connectivity index (χ1v) is 8.80. The van der Waals surface area contributed by atoms with Crippen molar-refractivity contribution in [2.75, 3.05) is 33.1 Å². The molecular weight excluding hydrogens is 352 g/mol. The van der Waals surface area contributed by atoms with Crippen LogP contribution in [-0.2, 0) is 11.3 Å². The zero-order valence-electron chi connectivity index (χ0n) is 15.9. The van der Waals surface area contributed by atoms with Crippen LogP contribution >= 0.6 is 11.6 Å². The molecule has 2 rings (SSSR count). The molecule has 0 saturated heterocycles. The second-order valence-electron chi connectivity index (χ2n) is 6.45. The molecule has 2 aromatic carbocycles. The smallest absolute Gasteiger partial charge is 0.279 e. The van der Waals surface area contributed by atoms with Gasteiger partial charge in [-0.2, -0.15) is 0 Å². The van der Waals surface area contributed by atoms with E-state index in [1.807, 2.05) is 45.2 Å². The lowest BCUT2D eigenvalue weighted by molar-refractivity contribution is -0.885. The second-order valence-corrected chi connectivity index (χ2v) is 6.89. The van der Waals surface area contributed by atoms with Gasteiger partial charge < -0.3 is 19.7 Å². The minimum Gasteiger partial charge on any atom is -0.493 e. The third-order valence-corrected chi connectivity index (χ3v) is 4.51. The third kappa shape index (κ3) is 5.13. The number of carbonyl (C=O) groups is 1. The van der Waals surface area contributed by atoms with Crippen molar-refractivity contribution in [2.45, 2.75) is 20.4 Å². The Kier molecular flexibility index (Phi) is 6.89. The first-order valence-electron chi connectivity index (χ1n) is 8.42. The van der Waals surface area contributed by atoms with Gasteiger partial charge in [0.05, 0.1) is 21.3 Å². The van der Waals surface area contributed by atoms with Gasteiger partial charge in [0.1, 0.15) is 6.54 Å². The maximum absolute atomic E-state index is 12.4. The molecule has 0 spiro atoms. The van der Waals surface area contributed by atoms with Gasteiger partial charge >= 0.3 is 0 Å². The highest BCUT2D eigenvalue weighted by Crippen LogP contribution is 2.29. The van der Waals surface area contributed by atoms with Gasteiger partial charge in [-0.15, -0.1) is 0 Å². The summed E-state index contributed by atoms with van der Waals surface area (Å²) in [5, 5.41) is 3.54. The minimum atomic E-state index is -0.0500. The first-order chi connectivity index (χ1) is 12.3. The zero-order valence-corrected chi connectivity index (χ0v) is 16.7. The summed E-state index contributed by atoms with van der Waals surface area (Å²) in [4.78, 5) is 13.4. The molecule has 0 fully saturated rings. The van der Waals surface area contributed by atoms with E-state index in [4.69, 9.17) is 21.1 Å². The van der Waals surface area contributed by atoms with Crippen LogP contribution < -0.4 is 19.7 Å². The molecule has 1 unspecified atom stereocenters. The summed E-state index contributed by atoms with van der Waals surface area (Å²) in [5.41, 5.74) is 3.95. The Balaban J connectivity index is 2.03. The number of likely N-dealkylation sites (N-methyl/N-ethyl adjacent to an activating group) is 1. The number of quaternary nitrogens is 1.